The molecule has 0 aliphatic heterocycles. The number of carbonyl (C=O) groups is 3. The highest BCUT2D eigenvalue weighted by atomic mass is 16.6. The first kappa shape index (κ1) is 74.1. The second-order valence-electron chi connectivity index (χ2n) is 21.6. The Labute approximate surface area is 482 Å². The normalized spacial score (nSPS) is 12.8. The number of rotatable bonds is 59. The lowest BCUT2D eigenvalue weighted by Gasteiger charge is -2.18. The molecule has 0 aromatic heterocycles. The number of hydrogen-bond donors (Lipinski definition) is 0. The van der Waals surface area contributed by atoms with Gasteiger partial charge in [0.1, 0.15) is 13.2 Å². The van der Waals surface area contributed by atoms with E-state index in [0.29, 0.717) is 19.3 Å². The van der Waals surface area contributed by atoms with Crippen LogP contribution in [0.3, 0.4) is 0 Å². The van der Waals surface area contributed by atoms with Crippen molar-refractivity contribution in [2.75, 3.05) is 13.2 Å². The highest BCUT2D eigenvalue weighted by Gasteiger charge is 2.19. The Morgan fingerprint density at radius 2 is 0.500 bits per heavy atom. The first-order valence-electron chi connectivity index (χ1n) is 32.9. The van der Waals surface area contributed by atoms with Crippen molar-refractivity contribution in [3.05, 3.63) is 109 Å². The van der Waals surface area contributed by atoms with Gasteiger partial charge in [-0.25, -0.2) is 0 Å². The quantitative estimate of drug-likeness (QED) is 0.0261. The van der Waals surface area contributed by atoms with Gasteiger partial charge in [0.25, 0.3) is 0 Å². The van der Waals surface area contributed by atoms with Gasteiger partial charge in [-0.05, 0) is 109 Å². The Kier molecular flexibility index (Phi) is 62.3. The van der Waals surface area contributed by atoms with Crippen LogP contribution in [-0.2, 0) is 28.6 Å². The van der Waals surface area contributed by atoms with Gasteiger partial charge in [-0.3, -0.25) is 14.4 Å². The summed E-state index contributed by atoms with van der Waals surface area (Å²) < 4.78 is 16.9. The minimum absolute atomic E-state index is 0.0875. The predicted octanol–water partition coefficient (Wildman–Crippen LogP) is 22.6. The van der Waals surface area contributed by atoms with E-state index >= 15 is 0 Å². The molecule has 0 saturated carbocycles. The van der Waals surface area contributed by atoms with E-state index in [1.807, 2.05) is 0 Å². The molecule has 1 unspecified atom stereocenters. The van der Waals surface area contributed by atoms with Crippen LogP contribution in [0.25, 0.3) is 0 Å². The summed E-state index contributed by atoms with van der Waals surface area (Å²) in [5.74, 6) is -0.916. The summed E-state index contributed by atoms with van der Waals surface area (Å²) in [6.07, 6.45) is 89.6. The monoisotopic (exact) mass is 1080 g/mol. The minimum atomic E-state index is -0.793. The average molecular weight is 1080 g/mol. The maximum absolute atomic E-state index is 12.9. The molecule has 0 aliphatic rings. The highest BCUT2D eigenvalue weighted by Crippen LogP contribution is 2.16. The second-order valence-corrected chi connectivity index (χ2v) is 21.6. The third-order valence-electron chi connectivity index (χ3n) is 14.0. The van der Waals surface area contributed by atoms with Crippen molar-refractivity contribution < 1.29 is 28.6 Å². The van der Waals surface area contributed by atoms with Gasteiger partial charge in [-0.1, -0.05) is 291 Å². The molecule has 6 nitrogen and oxygen atoms in total. The average Bonchev–Trinajstić information content (AvgIpc) is 3.44. The van der Waals surface area contributed by atoms with Crippen molar-refractivity contribution in [1.82, 2.24) is 0 Å². The minimum Gasteiger partial charge on any atom is -0.462 e. The molecular weight excluding hydrogens is 961 g/mol. The lowest BCUT2D eigenvalue weighted by molar-refractivity contribution is -0.167. The van der Waals surface area contributed by atoms with Gasteiger partial charge in [0.05, 0.1) is 0 Å². The van der Waals surface area contributed by atoms with Gasteiger partial charge < -0.3 is 14.2 Å². The van der Waals surface area contributed by atoms with Gasteiger partial charge in [0.2, 0.25) is 0 Å². The Balaban J connectivity index is 4.31. The Morgan fingerprint density at radius 1 is 0.269 bits per heavy atom. The number of hydrogen-bond acceptors (Lipinski definition) is 6. The molecule has 0 radical (unpaired) electrons. The number of carbonyl (C=O) groups excluding carboxylic acids is 3. The first-order valence-corrected chi connectivity index (χ1v) is 32.9. The van der Waals surface area contributed by atoms with Crippen molar-refractivity contribution in [1.29, 1.82) is 0 Å². The summed E-state index contributed by atoms with van der Waals surface area (Å²) in [7, 11) is 0. The van der Waals surface area contributed by atoms with Crippen molar-refractivity contribution in [3.63, 3.8) is 0 Å². The zero-order chi connectivity index (χ0) is 56.4. The maximum Gasteiger partial charge on any atom is 0.306 e. The Bertz CT molecular complexity index is 1570. The number of unbranched alkanes of at least 4 members (excludes halogenated alkanes) is 30. The molecule has 446 valence electrons. The summed E-state index contributed by atoms with van der Waals surface area (Å²) in [5.41, 5.74) is 0. The third kappa shape index (κ3) is 62.9. The summed E-state index contributed by atoms with van der Waals surface area (Å²) in [6, 6.07) is 0. The lowest BCUT2D eigenvalue weighted by atomic mass is 10.0. The van der Waals surface area contributed by atoms with Crippen LogP contribution >= 0.6 is 0 Å². The standard InChI is InChI=1S/C72H122O6/c1-4-7-10-13-16-19-22-24-26-28-30-32-34-36-38-40-42-44-46-48-50-53-56-59-62-65-71(74)77-68-69(67-76-70(73)64-61-58-55-52-21-18-15-12-9-6-3)78-72(75)66-63-60-57-54-51-49-47-45-43-41-39-37-35-33-31-29-27-25-23-20-17-14-11-8-5-2/h7,10,16,19,23-26,29-32,36,38,42,44,48,50,69H,4-6,8-9,11-15,17-18,20-22,27-28,33-35,37,39-41,43,45-47,49,51-68H2,1-3H3/b10-7-,19-16-,25-23-,26-24-,31-29-,32-30-,38-36-,44-42-,50-48-. The topological polar surface area (TPSA) is 78.9 Å². The summed E-state index contributed by atoms with van der Waals surface area (Å²) in [4.78, 5) is 38.3. The molecule has 0 aliphatic carbocycles. The molecule has 0 N–H and O–H groups in total. The molecular formula is C72H122O6. The smallest absolute Gasteiger partial charge is 0.306 e. The van der Waals surface area contributed by atoms with Crippen LogP contribution in [0.2, 0.25) is 0 Å². The zero-order valence-corrected chi connectivity index (χ0v) is 51.2. The van der Waals surface area contributed by atoms with Gasteiger partial charge in [-0.15, -0.1) is 0 Å². The van der Waals surface area contributed by atoms with E-state index in [-0.39, 0.29) is 31.1 Å². The largest absolute Gasteiger partial charge is 0.462 e. The zero-order valence-electron chi connectivity index (χ0n) is 51.2. The molecule has 0 fully saturated rings. The van der Waals surface area contributed by atoms with Crippen molar-refractivity contribution in [2.45, 2.75) is 316 Å². The van der Waals surface area contributed by atoms with Crippen LogP contribution in [0.1, 0.15) is 310 Å². The Hall–Kier alpha value is -3.93. The second kappa shape index (κ2) is 65.6. The van der Waals surface area contributed by atoms with Gasteiger partial charge in [-0.2, -0.15) is 0 Å². The van der Waals surface area contributed by atoms with Crippen LogP contribution in [-0.4, -0.2) is 37.2 Å². The van der Waals surface area contributed by atoms with Crippen molar-refractivity contribution >= 4 is 17.9 Å². The van der Waals surface area contributed by atoms with E-state index in [2.05, 4.69) is 130 Å². The molecule has 0 saturated heterocycles. The predicted molar refractivity (Wildman–Crippen MR) is 339 cm³/mol. The van der Waals surface area contributed by atoms with Crippen LogP contribution in [0, 0.1) is 0 Å². The molecule has 0 aromatic rings. The molecule has 0 heterocycles. The number of ether oxygens (including phenoxy) is 3. The number of esters is 3. The van der Waals surface area contributed by atoms with Gasteiger partial charge >= 0.3 is 17.9 Å². The summed E-state index contributed by atoms with van der Waals surface area (Å²) in [5, 5.41) is 0. The van der Waals surface area contributed by atoms with E-state index in [1.54, 1.807) is 0 Å². The maximum atomic E-state index is 12.9. The fourth-order valence-corrected chi connectivity index (χ4v) is 9.10. The van der Waals surface area contributed by atoms with E-state index < -0.39 is 6.10 Å². The molecule has 6 heteroatoms. The van der Waals surface area contributed by atoms with E-state index in [0.717, 1.165) is 116 Å². The fraction of sp³-hybridized carbons (Fsp3) is 0.708. The van der Waals surface area contributed by atoms with Crippen LogP contribution in [0.4, 0.5) is 0 Å². The summed E-state index contributed by atoms with van der Waals surface area (Å²) in [6.45, 7) is 6.50. The first-order chi connectivity index (χ1) is 38.5. The lowest BCUT2D eigenvalue weighted by Crippen LogP contribution is -2.30. The van der Waals surface area contributed by atoms with Crippen LogP contribution < -0.4 is 0 Å². The van der Waals surface area contributed by atoms with Crippen molar-refractivity contribution in [3.8, 4) is 0 Å². The van der Waals surface area contributed by atoms with Gasteiger partial charge in [0.15, 0.2) is 6.10 Å². The van der Waals surface area contributed by atoms with Crippen LogP contribution in [0.5, 0.6) is 0 Å². The molecule has 0 spiro atoms. The van der Waals surface area contributed by atoms with E-state index in [1.165, 1.54) is 154 Å². The fourth-order valence-electron chi connectivity index (χ4n) is 9.10. The summed E-state index contributed by atoms with van der Waals surface area (Å²) >= 11 is 0. The number of allylic oxidation sites excluding steroid dienone is 18. The van der Waals surface area contributed by atoms with Crippen LogP contribution in [0.15, 0.2) is 109 Å². The van der Waals surface area contributed by atoms with E-state index in [9.17, 15) is 14.4 Å². The Morgan fingerprint density at radius 3 is 0.795 bits per heavy atom. The molecule has 78 heavy (non-hydrogen) atoms. The van der Waals surface area contributed by atoms with E-state index in [4.69, 9.17) is 14.2 Å². The van der Waals surface area contributed by atoms with Crippen molar-refractivity contribution in [2.24, 2.45) is 0 Å². The molecule has 0 bridgehead atoms. The van der Waals surface area contributed by atoms with Gasteiger partial charge in [0, 0.05) is 19.3 Å². The third-order valence-corrected chi connectivity index (χ3v) is 14.0. The SMILES string of the molecule is CC/C=C\C/C=C\C/C=C\C/C=C\C/C=C\C/C=C\C/C=C\CCCCCC(=O)OCC(COC(=O)CCCCCCCCCCCC)OC(=O)CCCCCCCCCCCCCCC/C=C\C/C=C\CCCCCCC. The molecule has 0 amide bonds. The molecule has 0 aromatic carbocycles. The molecule has 1 atom stereocenters. The molecule has 0 rings (SSSR count). The highest BCUT2D eigenvalue weighted by molar-refractivity contribution is 5.71.